The van der Waals surface area contributed by atoms with E-state index in [4.69, 9.17) is 5.11 Å². The quantitative estimate of drug-likeness (QED) is 0.741. The molecule has 104 valence electrons. The predicted molar refractivity (Wildman–Crippen MR) is 73.8 cm³/mol. The van der Waals surface area contributed by atoms with Crippen LogP contribution in [0.4, 0.5) is 4.79 Å². The van der Waals surface area contributed by atoms with Gasteiger partial charge >= 0.3 is 6.09 Å². The van der Waals surface area contributed by atoms with Gasteiger partial charge in [0.25, 0.3) is 0 Å². The van der Waals surface area contributed by atoms with Crippen molar-refractivity contribution < 1.29 is 9.90 Å². The largest absolute Gasteiger partial charge is 0.465 e. The summed E-state index contributed by atoms with van der Waals surface area (Å²) in [5.74, 6) is 1.31. The van der Waals surface area contributed by atoms with Gasteiger partial charge in [-0.3, -0.25) is 0 Å². The first-order valence-electron chi connectivity index (χ1n) is 6.76. The molecule has 1 saturated carbocycles. The van der Waals surface area contributed by atoms with E-state index < -0.39 is 6.09 Å². The van der Waals surface area contributed by atoms with Gasteiger partial charge in [0, 0.05) is 26.7 Å². The van der Waals surface area contributed by atoms with E-state index in [0.29, 0.717) is 12.5 Å². The van der Waals surface area contributed by atoms with Gasteiger partial charge in [-0.1, -0.05) is 6.08 Å². The number of hydrogen-bond acceptors (Lipinski definition) is 2. The highest BCUT2D eigenvalue weighted by molar-refractivity contribution is 5.64. The summed E-state index contributed by atoms with van der Waals surface area (Å²) in [6.45, 7) is 6.52. The second-order valence-corrected chi connectivity index (χ2v) is 5.56. The van der Waals surface area contributed by atoms with E-state index in [9.17, 15) is 4.79 Å². The van der Waals surface area contributed by atoms with Crippen molar-refractivity contribution >= 4 is 6.09 Å². The van der Waals surface area contributed by atoms with Gasteiger partial charge in [-0.25, -0.2) is 4.79 Å². The summed E-state index contributed by atoms with van der Waals surface area (Å²) < 4.78 is 0. The summed E-state index contributed by atoms with van der Waals surface area (Å²) in [6.07, 6.45) is 5.88. The molecular formula is C14H26N2O2. The van der Waals surface area contributed by atoms with Crippen LogP contribution in [0.5, 0.6) is 0 Å². The van der Waals surface area contributed by atoms with Crippen molar-refractivity contribution in [3.8, 4) is 0 Å². The second-order valence-electron chi connectivity index (χ2n) is 5.56. The maximum Gasteiger partial charge on any atom is 0.407 e. The Hall–Kier alpha value is -1.03. The molecule has 0 spiro atoms. The Balaban J connectivity index is 2.24. The standard InChI is InChI=1S/C14H26N2O2/c1-4-9-15(2)10-12-5-7-13(8-6-12)11-16(3)14(17)18/h4,12-13H,1,5-11H2,2-3H3,(H,17,18). The Morgan fingerprint density at radius 1 is 1.22 bits per heavy atom. The minimum absolute atomic E-state index is 0.548. The van der Waals surface area contributed by atoms with E-state index in [-0.39, 0.29) is 0 Å². The highest BCUT2D eigenvalue weighted by Gasteiger charge is 2.23. The fraction of sp³-hybridized carbons (Fsp3) is 0.786. The van der Waals surface area contributed by atoms with Crippen molar-refractivity contribution in [1.29, 1.82) is 0 Å². The Labute approximate surface area is 110 Å². The Morgan fingerprint density at radius 2 is 1.72 bits per heavy atom. The number of rotatable bonds is 6. The molecule has 1 aliphatic carbocycles. The molecule has 1 fully saturated rings. The zero-order valence-electron chi connectivity index (χ0n) is 11.6. The summed E-state index contributed by atoms with van der Waals surface area (Å²) in [7, 11) is 3.79. The summed E-state index contributed by atoms with van der Waals surface area (Å²) in [6, 6.07) is 0. The van der Waals surface area contributed by atoms with E-state index in [0.717, 1.165) is 31.8 Å². The van der Waals surface area contributed by atoms with Crippen LogP contribution in [-0.2, 0) is 0 Å². The summed E-state index contributed by atoms with van der Waals surface area (Å²) in [4.78, 5) is 14.5. The molecule has 0 bridgehead atoms. The molecule has 0 aromatic carbocycles. The number of carboxylic acid groups (broad SMARTS) is 1. The van der Waals surface area contributed by atoms with Gasteiger partial charge in [0.2, 0.25) is 0 Å². The Bertz CT molecular complexity index is 273. The molecule has 18 heavy (non-hydrogen) atoms. The lowest BCUT2D eigenvalue weighted by atomic mass is 9.81. The molecule has 4 heteroatoms. The van der Waals surface area contributed by atoms with Crippen molar-refractivity contribution in [3.05, 3.63) is 12.7 Å². The van der Waals surface area contributed by atoms with Crippen LogP contribution < -0.4 is 0 Å². The SMILES string of the molecule is C=CCN(C)CC1CCC(CN(C)C(=O)O)CC1. The van der Waals surface area contributed by atoms with Gasteiger partial charge < -0.3 is 14.9 Å². The van der Waals surface area contributed by atoms with Crippen LogP contribution in [0, 0.1) is 11.8 Å². The molecule has 0 aliphatic heterocycles. The Kier molecular flexibility index (Phi) is 6.19. The topological polar surface area (TPSA) is 43.8 Å². The molecule has 1 rings (SSSR count). The third kappa shape index (κ3) is 5.08. The van der Waals surface area contributed by atoms with Gasteiger partial charge in [0.05, 0.1) is 0 Å². The maximum absolute atomic E-state index is 10.8. The van der Waals surface area contributed by atoms with Crippen LogP contribution in [0.15, 0.2) is 12.7 Å². The van der Waals surface area contributed by atoms with Crippen molar-refractivity contribution in [1.82, 2.24) is 9.80 Å². The molecule has 0 aromatic heterocycles. The third-order valence-electron chi connectivity index (χ3n) is 3.84. The smallest absolute Gasteiger partial charge is 0.407 e. The molecular weight excluding hydrogens is 228 g/mol. The van der Waals surface area contributed by atoms with Crippen LogP contribution in [0.25, 0.3) is 0 Å². The highest BCUT2D eigenvalue weighted by Crippen LogP contribution is 2.29. The summed E-state index contributed by atoms with van der Waals surface area (Å²) in [5, 5.41) is 8.85. The fourth-order valence-corrected chi connectivity index (χ4v) is 2.80. The van der Waals surface area contributed by atoms with Gasteiger partial charge in [0.1, 0.15) is 0 Å². The van der Waals surface area contributed by atoms with E-state index in [2.05, 4.69) is 18.5 Å². The van der Waals surface area contributed by atoms with Crippen LogP contribution in [-0.4, -0.2) is 54.7 Å². The molecule has 0 unspecified atom stereocenters. The van der Waals surface area contributed by atoms with Gasteiger partial charge in [-0.2, -0.15) is 0 Å². The summed E-state index contributed by atoms with van der Waals surface area (Å²) in [5.41, 5.74) is 0. The second kappa shape index (κ2) is 7.41. The van der Waals surface area contributed by atoms with Gasteiger partial charge in [0.15, 0.2) is 0 Å². The minimum Gasteiger partial charge on any atom is -0.465 e. The van der Waals surface area contributed by atoms with Gasteiger partial charge in [-0.15, -0.1) is 6.58 Å². The minimum atomic E-state index is -0.817. The highest BCUT2D eigenvalue weighted by atomic mass is 16.4. The van der Waals surface area contributed by atoms with Crippen molar-refractivity contribution in [2.24, 2.45) is 11.8 Å². The lowest BCUT2D eigenvalue weighted by Gasteiger charge is -2.32. The number of nitrogens with zero attached hydrogens (tertiary/aromatic N) is 2. The molecule has 1 aliphatic rings. The monoisotopic (exact) mass is 254 g/mol. The maximum atomic E-state index is 10.8. The van der Waals surface area contributed by atoms with Crippen LogP contribution in [0.3, 0.4) is 0 Å². The van der Waals surface area contributed by atoms with Crippen LogP contribution in [0.2, 0.25) is 0 Å². The van der Waals surface area contributed by atoms with E-state index >= 15 is 0 Å². The van der Waals surface area contributed by atoms with Crippen molar-refractivity contribution in [2.45, 2.75) is 25.7 Å². The third-order valence-corrected chi connectivity index (χ3v) is 3.84. The number of hydrogen-bond donors (Lipinski definition) is 1. The Morgan fingerprint density at radius 3 is 2.17 bits per heavy atom. The van der Waals surface area contributed by atoms with E-state index in [1.807, 2.05) is 6.08 Å². The molecule has 0 aromatic rings. The van der Waals surface area contributed by atoms with Crippen molar-refractivity contribution in [3.63, 3.8) is 0 Å². The lowest BCUT2D eigenvalue weighted by molar-refractivity contribution is 0.136. The van der Waals surface area contributed by atoms with E-state index in [1.54, 1.807) is 7.05 Å². The average Bonchev–Trinajstić information content (AvgIpc) is 2.31. The molecule has 4 nitrogen and oxygen atoms in total. The zero-order chi connectivity index (χ0) is 13.5. The molecule has 1 N–H and O–H groups in total. The average molecular weight is 254 g/mol. The van der Waals surface area contributed by atoms with Crippen molar-refractivity contribution in [2.75, 3.05) is 33.7 Å². The molecule has 0 atom stereocenters. The number of carbonyl (C=O) groups is 1. The zero-order valence-corrected chi connectivity index (χ0v) is 11.6. The first-order valence-corrected chi connectivity index (χ1v) is 6.76. The molecule has 0 radical (unpaired) electrons. The van der Waals surface area contributed by atoms with Crippen LogP contribution >= 0.6 is 0 Å². The predicted octanol–water partition coefficient (Wildman–Crippen LogP) is 2.52. The number of likely N-dealkylation sites (N-methyl/N-ethyl adjacent to an activating group) is 1. The summed E-state index contributed by atoms with van der Waals surface area (Å²) >= 11 is 0. The van der Waals surface area contributed by atoms with Gasteiger partial charge in [-0.05, 0) is 44.6 Å². The number of amides is 1. The van der Waals surface area contributed by atoms with E-state index in [1.165, 1.54) is 17.7 Å². The molecule has 0 saturated heterocycles. The first-order chi connectivity index (χ1) is 8.52. The fourth-order valence-electron chi connectivity index (χ4n) is 2.80. The lowest BCUT2D eigenvalue weighted by Crippen LogP contribution is -2.34. The molecule has 0 heterocycles. The first kappa shape index (κ1) is 15.0. The molecule has 1 amide bonds. The normalized spacial score (nSPS) is 23.9. The van der Waals surface area contributed by atoms with Crippen LogP contribution in [0.1, 0.15) is 25.7 Å².